The average Bonchev–Trinajstić information content (AvgIpc) is 3.32. The zero-order valence-electron chi connectivity index (χ0n) is 12.5. The van der Waals surface area contributed by atoms with Crippen molar-refractivity contribution < 1.29 is 9.21 Å². The van der Waals surface area contributed by atoms with Crippen LogP contribution in [-0.2, 0) is 0 Å². The normalized spacial score (nSPS) is 10.7. The van der Waals surface area contributed by atoms with Gasteiger partial charge in [-0.25, -0.2) is 4.98 Å². The molecule has 0 atom stereocenters. The Hall–Kier alpha value is -3.05. The van der Waals surface area contributed by atoms with Gasteiger partial charge in [0.05, 0.1) is 5.69 Å². The van der Waals surface area contributed by atoms with Crippen molar-refractivity contribution >= 4 is 17.6 Å². The maximum atomic E-state index is 10.8. The zero-order valence-corrected chi connectivity index (χ0v) is 13.4. The number of pyridine rings is 1. The molecule has 5 heteroatoms. The fraction of sp³-hybridized carbons (Fsp3) is 0. The molecule has 0 saturated heterocycles. The summed E-state index contributed by atoms with van der Waals surface area (Å²) < 4.78 is 5.49. The molecule has 0 fully saturated rings. The molecule has 4 rings (SSSR count). The first-order valence-electron chi connectivity index (χ1n) is 7.35. The third-order valence-corrected chi connectivity index (χ3v) is 4.49. The van der Waals surface area contributed by atoms with Crippen LogP contribution in [0.2, 0.25) is 0 Å². The molecule has 0 N–H and O–H groups in total. The van der Waals surface area contributed by atoms with Crippen molar-refractivity contribution in [3.05, 3.63) is 72.1 Å². The van der Waals surface area contributed by atoms with Crippen LogP contribution in [-0.4, -0.2) is 16.3 Å². The third kappa shape index (κ3) is 2.77. The third-order valence-electron chi connectivity index (χ3n) is 3.60. The lowest BCUT2D eigenvalue weighted by atomic mass is 10.1. The van der Waals surface area contributed by atoms with E-state index in [2.05, 4.69) is 4.98 Å². The van der Waals surface area contributed by atoms with Crippen LogP contribution in [0.1, 0.15) is 10.6 Å². The molecule has 0 unspecified atom stereocenters. The van der Waals surface area contributed by atoms with Crippen molar-refractivity contribution in [2.45, 2.75) is 0 Å². The number of rotatable bonds is 4. The lowest BCUT2D eigenvalue weighted by molar-refractivity contribution is 0.110. The maximum Gasteiger partial charge on any atom is 0.185 e. The second-order valence-corrected chi connectivity index (χ2v) is 6.04. The summed E-state index contributed by atoms with van der Waals surface area (Å²) in [6, 6.07) is 15.3. The number of carbonyl (C=O) groups excluding carboxylic acids is 1. The predicted octanol–water partition coefficient (Wildman–Crippen LogP) is 4.94. The largest absolute Gasteiger partial charge is 0.453 e. The van der Waals surface area contributed by atoms with Gasteiger partial charge < -0.3 is 4.42 Å². The van der Waals surface area contributed by atoms with Gasteiger partial charge in [-0.3, -0.25) is 9.78 Å². The molecule has 0 amide bonds. The first kappa shape index (κ1) is 14.5. The summed E-state index contributed by atoms with van der Waals surface area (Å²) in [6.07, 6.45) is 4.26. The number of aldehydes is 1. The second-order valence-electron chi connectivity index (χ2n) is 5.18. The molecule has 116 valence electrons. The summed E-state index contributed by atoms with van der Waals surface area (Å²) in [5, 5.41) is 2.96. The Labute approximate surface area is 142 Å². The predicted molar refractivity (Wildman–Crippen MR) is 93.9 cm³/mol. The molecule has 0 bridgehead atoms. The van der Waals surface area contributed by atoms with Crippen LogP contribution in [0.5, 0.6) is 0 Å². The van der Waals surface area contributed by atoms with Crippen molar-refractivity contribution in [2.24, 2.45) is 0 Å². The molecule has 1 aromatic carbocycles. The van der Waals surface area contributed by atoms with Gasteiger partial charge in [0, 0.05) is 34.5 Å². The lowest BCUT2D eigenvalue weighted by Gasteiger charge is -2.01. The smallest absolute Gasteiger partial charge is 0.185 e. The SMILES string of the molecule is O=Cc1ccc(-c2cccc(-c3csc(-c4cccnc4)n3)c2)o1. The quantitative estimate of drug-likeness (QED) is 0.496. The van der Waals surface area contributed by atoms with E-state index in [4.69, 9.17) is 9.40 Å². The standard InChI is InChI=1S/C19H12N2O2S/c22-11-16-6-7-18(23-16)14-4-1-3-13(9-14)17-12-24-19(21-17)15-5-2-8-20-10-15/h1-12H. The molecule has 0 aliphatic carbocycles. The minimum atomic E-state index is 0.322. The fourth-order valence-electron chi connectivity index (χ4n) is 2.43. The Balaban J connectivity index is 1.69. The van der Waals surface area contributed by atoms with Gasteiger partial charge >= 0.3 is 0 Å². The average molecular weight is 332 g/mol. The Bertz CT molecular complexity index is 989. The zero-order chi connectivity index (χ0) is 16.4. The summed E-state index contributed by atoms with van der Waals surface area (Å²) >= 11 is 1.59. The van der Waals surface area contributed by atoms with Crippen LogP contribution in [0, 0.1) is 0 Å². The van der Waals surface area contributed by atoms with Crippen LogP contribution in [0.4, 0.5) is 0 Å². The second kappa shape index (κ2) is 6.22. The van der Waals surface area contributed by atoms with E-state index in [0.717, 1.165) is 27.4 Å². The van der Waals surface area contributed by atoms with Crippen molar-refractivity contribution in [3.8, 4) is 33.2 Å². The lowest BCUT2D eigenvalue weighted by Crippen LogP contribution is -1.82. The van der Waals surface area contributed by atoms with Crippen LogP contribution < -0.4 is 0 Å². The van der Waals surface area contributed by atoms with E-state index in [9.17, 15) is 4.79 Å². The summed E-state index contributed by atoms with van der Waals surface area (Å²) in [6.45, 7) is 0. The van der Waals surface area contributed by atoms with Gasteiger partial charge in [-0.05, 0) is 30.3 Å². The number of hydrogen-bond acceptors (Lipinski definition) is 5. The first-order valence-corrected chi connectivity index (χ1v) is 8.23. The van der Waals surface area contributed by atoms with Crippen LogP contribution in [0.25, 0.3) is 33.2 Å². The van der Waals surface area contributed by atoms with Crippen LogP contribution in [0.15, 0.2) is 70.7 Å². The maximum absolute atomic E-state index is 10.8. The van der Waals surface area contributed by atoms with Crippen molar-refractivity contribution in [3.63, 3.8) is 0 Å². The number of carbonyl (C=O) groups is 1. The number of thiazole rings is 1. The van der Waals surface area contributed by atoms with E-state index in [-0.39, 0.29) is 0 Å². The molecule has 0 spiro atoms. The van der Waals surface area contributed by atoms with Gasteiger partial charge in [-0.2, -0.15) is 0 Å². The van der Waals surface area contributed by atoms with E-state index in [1.54, 1.807) is 29.7 Å². The van der Waals surface area contributed by atoms with Gasteiger partial charge in [-0.15, -0.1) is 11.3 Å². The molecule has 3 heterocycles. The summed E-state index contributed by atoms with van der Waals surface area (Å²) in [5.41, 5.74) is 3.83. The van der Waals surface area contributed by atoms with E-state index in [1.165, 1.54) is 0 Å². The number of aromatic nitrogens is 2. The number of benzene rings is 1. The van der Waals surface area contributed by atoms with Gasteiger partial charge in [0.25, 0.3) is 0 Å². The minimum Gasteiger partial charge on any atom is -0.453 e. The molecule has 3 aromatic heterocycles. The Morgan fingerprint density at radius 1 is 1.00 bits per heavy atom. The topological polar surface area (TPSA) is 56.0 Å². The molecular weight excluding hydrogens is 320 g/mol. The first-order chi connectivity index (χ1) is 11.8. The fourth-order valence-corrected chi connectivity index (χ4v) is 3.25. The molecule has 0 aliphatic heterocycles. The van der Waals surface area contributed by atoms with Gasteiger partial charge in [-0.1, -0.05) is 18.2 Å². The Kier molecular flexibility index (Phi) is 3.76. The monoisotopic (exact) mass is 332 g/mol. The van der Waals surface area contributed by atoms with Crippen LogP contribution in [0.3, 0.4) is 0 Å². The van der Waals surface area contributed by atoms with Crippen molar-refractivity contribution in [1.82, 2.24) is 9.97 Å². The molecular formula is C19H12N2O2S. The molecule has 0 radical (unpaired) electrons. The highest BCUT2D eigenvalue weighted by molar-refractivity contribution is 7.13. The van der Waals surface area contributed by atoms with E-state index in [1.807, 2.05) is 48.0 Å². The van der Waals surface area contributed by atoms with Crippen LogP contribution >= 0.6 is 11.3 Å². The van der Waals surface area contributed by atoms with Gasteiger partial charge in [0.1, 0.15) is 10.8 Å². The molecule has 0 aliphatic rings. The highest BCUT2D eigenvalue weighted by Crippen LogP contribution is 2.31. The van der Waals surface area contributed by atoms with Crippen molar-refractivity contribution in [1.29, 1.82) is 0 Å². The summed E-state index contributed by atoms with van der Waals surface area (Å²) in [4.78, 5) is 19.6. The minimum absolute atomic E-state index is 0.322. The van der Waals surface area contributed by atoms with Gasteiger partial charge in [0.2, 0.25) is 0 Å². The highest BCUT2D eigenvalue weighted by atomic mass is 32.1. The molecule has 0 saturated carbocycles. The number of hydrogen-bond donors (Lipinski definition) is 0. The summed E-state index contributed by atoms with van der Waals surface area (Å²) in [5.74, 6) is 0.990. The van der Waals surface area contributed by atoms with E-state index in [0.29, 0.717) is 17.8 Å². The Morgan fingerprint density at radius 3 is 2.67 bits per heavy atom. The van der Waals surface area contributed by atoms with E-state index >= 15 is 0 Å². The number of furan rings is 1. The molecule has 4 aromatic rings. The van der Waals surface area contributed by atoms with E-state index < -0.39 is 0 Å². The summed E-state index contributed by atoms with van der Waals surface area (Å²) in [7, 11) is 0. The van der Waals surface area contributed by atoms with Crippen molar-refractivity contribution in [2.75, 3.05) is 0 Å². The number of nitrogens with zero attached hydrogens (tertiary/aromatic N) is 2. The Morgan fingerprint density at radius 2 is 1.88 bits per heavy atom. The molecule has 24 heavy (non-hydrogen) atoms. The highest BCUT2D eigenvalue weighted by Gasteiger charge is 2.09. The van der Waals surface area contributed by atoms with Gasteiger partial charge in [0.15, 0.2) is 12.0 Å². The molecule has 4 nitrogen and oxygen atoms in total.